The number of nitrogens with one attached hydrogen (secondary N) is 2. The van der Waals surface area contributed by atoms with Crippen LogP contribution in [0.5, 0.6) is 0 Å². The first-order valence-corrected chi connectivity index (χ1v) is 13.1. The van der Waals surface area contributed by atoms with E-state index in [0.29, 0.717) is 30.5 Å². The molecule has 1 unspecified atom stereocenters. The second kappa shape index (κ2) is 9.66. The Morgan fingerprint density at radius 1 is 1.14 bits per heavy atom. The zero-order valence-corrected chi connectivity index (χ0v) is 20.7. The van der Waals surface area contributed by atoms with Crippen LogP contribution < -0.4 is 21.3 Å². The van der Waals surface area contributed by atoms with Crippen molar-refractivity contribution in [3.8, 4) is 0 Å². The zero-order chi connectivity index (χ0) is 25.3. The molecule has 1 aromatic carbocycles. The second-order valence-electron chi connectivity index (χ2n) is 8.97. The van der Waals surface area contributed by atoms with Crippen LogP contribution in [0.2, 0.25) is 0 Å². The van der Waals surface area contributed by atoms with E-state index in [2.05, 4.69) is 20.6 Å². The number of nitrogens with zero attached hydrogens (tertiary/aromatic N) is 5. The number of carbonyl (C=O) groups excluding carboxylic acids is 2. The smallest absolute Gasteiger partial charge is 0.254 e. The average molecular weight is 503 g/mol. The molecule has 1 aromatic heterocycles. The molecule has 0 radical (unpaired) electrons. The lowest BCUT2D eigenvalue weighted by Gasteiger charge is -2.41. The molecule has 188 valence electrons. The van der Waals surface area contributed by atoms with Crippen molar-refractivity contribution < 1.29 is 18.0 Å². The minimum absolute atomic E-state index is 0.0900. The molecule has 1 atom stereocenters. The topological polar surface area (TPSA) is 154 Å². The molecular weight excluding hydrogens is 472 g/mol. The minimum atomic E-state index is -3.40. The monoisotopic (exact) mass is 502 g/mol. The van der Waals surface area contributed by atoms with E-state index < -0.39 is 22.0 Å². The summed E-state index contributed by atoms with van der Waals surface area (Å²) in [6.45, 7) is 0.775. The number of rotatable bonds is 8. The Labute approximate surface area is 204 Å². The predicted octanol–water partition coefficient (Wildman–Crippen LogP) is 0.432. The van der Waals surface area contributed by atoms with E-state index in [1.54, 1.807) is 14.1 Å². The third-order valence-corrected chi connectivity index (χ3v) is 7.24. The number of likely N-dealkylation sites (N-methyl/N-ethyl adjacent to an activating group) is 1. The molecule has 0 bridgehead atoms. The summed E-state index contributed by atoms with van der Waals surface area (Å²) >= 11 is 0. The average Bonchev–Trinajstić information content (AvgIpc) is 3.62. The number of amides is 2. The van der Waals surface area contributed by atoms with E-state index in [4.69, 9.17) is 5.73 Å². The van der Waals surface area contributed by atoms with Gasteiger partial charge < -0.3 is 26.2 Å². The van der Waals surface area contributed by atoms with Gasteiger partial charge in [-0.3, -0.25) is 9.59 Å². The van der Waals surface area contributed by atoms with Gasteiger partial charge in [0.05, 0.1) is 11.8 Å². The lowest BCUT2D eigenvalue weighted by molar-refractivity contribution is -0.130. The van der Waals surface area contributed by atoms with Crippen molar-refractivity contribution in [3.05, 3.63) is 36.0 Å². The van der Waals surface area contributed by atoms with Crippen molar-refractivity contribution in [1.82, 2.24) is 19.2 Å². The van der Waals surface area contributed by atoms with E-state index in [9.17, 15) is 18.0 Å². The maximum Gasteiger partial charge on any atom is 0.254 e. The molecule has 1 saturated heterocycles. The van der Waals surface area contributed by atoms with Crippen LogP contribution in [0.1, 0.15) is 23.2 Å². The molecule has 1 aliphatic carbocycles. The standard InChI is InChI=1S/C22H30N8O4S/c1-28(2)21(32)18-13-29(35(3,33)34)10-11-30(18)16-8-6-15(7-9-16)26-22-24-12-17(19(23)31)20(27-22)25-14-4-5-14/h6-9,12,14,18H,4-5,10-11,13H2,1-3H3,(H2,23,31)(H2,24,25,26,27). The zero-order valence-electron chi connectivity index (χ0n) is 19.9. The van der Waals surface area contributed by atoms with E-state index in [1.807, 2.05) is 29.2 Å². The highest BCUT2D eigenvalue weighted by Gasteiger charge is 2.36. The molecule has 35 heavy (non-hydrogen) atoms. The van der Waals surface area contributed by atoms with Crippen LogP contribution in [0.25, 0.3) is 0 Å². The van der Waals surface area contributed by atoms with Crippen molar-refractivity contribution in [2.75, 3.05) is 55.5 Å². The van der Waals surface area contributed by atoms with Gasteiger partial charge in [0.2, 0.25) is 21.9 Å². The molecule has 4 rings (SSSR count). The van der Waals surface area contributed by atoms with Crippen molar-refractivity contribution in [1.29, 1.82) is 0 Å². The first-order chi connectivity index (χ1) is 16.5. The van der Waals surface area contributed by atoms with Gasteiger partial charge in [-0.15, -0.1) is 0 Å². The van der Waals surface area contributed by atoms with Crippen LogP contribution in [-0.4, -0.2) is 91.5 Å². The van der Waals surface area contributed by atoms with Crippen LogP contribution in [0.15, 0.2) is 30.5 Å². The third-order valence-electron chi connectivity index (χ3n) is 5.97. The van der Waals surface area contributed by atoms with Gasteiger partial charge in [0.25, 0.3) is 5.91 Å². The highest BCUT2D eigenvalue weighted by Crippen LogP contribution is 2.28. The number of hydrogen-bond donors (Lipinski definition) is 3. The summed E-state index contributed by atoms with van der Waals surface area (Å²) in [5.41, 5.74) is 7.18. The largest absolute Gasteiger partial charge is 0.367 e. The van der Waals surface area contributed by atoms with Crippen LogP contribution >= 0.6 is 0 Å². The number of piperazine rings is 1. The fourth-order valence-electron chi connectivity index (χ4n) is 3.90. The summed E-state index contributed by atoms with van der Waals surface area (Å²) in [7, 11) is -0.0918. The number of sulfonamides is 1. The number of aromatic nitrogens is 2. The quantitative estimate of drug-likeness (QED) is 0.466. The Morgan fingerprint density at radius 2 is 1.83 bits per heavy atom. The molecule has 12 nitrogen and oxygen atoms in total. The number of anilines is 4. The molecule has 0 spiro atoms. The van der Waals surface area contributed by atoms with E-state index in [-0.39, 0.29) is 24.1 Å². The molecule has 2 heterocycles. The maximum atomic E-state index is 12.8. The van der Waals surface area contributed by atoms with Gasteiger partial charge >= 0.3 is 0 Å². The molecule has 1 saturated carbocycles. The number of primary amides is 1. The Bertz CT molecular complexity index is 1210. The first kappa shape index (κ1) is 24.7. The Balaban J connectivity index is 1.52. The number of hydrogen-bond acceptors (Lipinski definition) is 9. The van der Waals surface area contributed by atoms with Crippen LogP contribution in [0.3, 0.4) is 0 Å². The number of carbonyl (C=O) groups is 2. The molecule has 2 fully saturated rings. The number of nitrogens with two attached hydrogens (primary N) is 1. The Hall–Kier alpha value is -3.45. The lowest BCUT2D eigenvalue weighted by atomic mass is 10.1. The summed E-state index contributed by atoms with van der Waals surface area (Å²) in [6.07, 6.45) is 4.59. The Kier molecular flexibility index (Phi) is 6.81. The van der Waals surface area contributed by atoms with Crippen LogP contribution in [-0.2, 0) is 14.8 Å². The van der Waals surface area contributed by atoms with Gasteiger partial charge in [0.15, 0.2) is 0 Å². The van der Waals surface area contributed by atoms with Gasteiger partial charge in [-0.1, -0.05) is 0 Å². The summed E-state index contributed by atoms with van der Waals surface area (Å²) in [5.74, 6) is -0.0442. The molecule has 2 aromatic rings. The SMILES string of the molecule is CN(C)C(=O)C1CN(S(C)(=O)=O)CCN1c1ccc(Nc2ncc(C(N)=O)c(NC3CC3)n2)cc1. The predicted molar refractivity (Wildman–Crippen MR) is 133 cm³/mol. The van der Waals surface area contributed by atoms with Crippen LogP contribution in [0.4, 0.5) is 23.1 Å². The van der Waals surface area contributed by atoms with Gasteiger partial charge in [-0.25, -0.2) is 13.4 Å². The van der Waals surface area contributed by atoms with Crippen molar-refractivity contribution in [3.63, 3.8) is 0 Å². The first-order valence-electron chi connectivity index (χ1n) is 11.3. The third kappa shape index (κ3) is 5.80. The Morgan fingerprint density at radius 3 is 2.40 bits per heavy atom. The summed E-state index contributed by atoms with van der Waals surface area (Å²) < 4.78 is 25.5. The van der Waals surface area contributed by atoms with Crippen molar-refractivity contribution in [2.24, 2.45) is 5.73 Å². The van der Waals surface area contributed by atoms with E-state index >= 15 is 0 Å². The minimum Gasteiger partial charge on any atom is -0.367 e. The van der Waals surface area contributed by atoms with E-state index in [0.717, 1.165) is 24.8 Å². The summed E-state index contributed by atoms with van der Waals surface area (Å²) in [4.78, 5) is 36.5. The molecule has 2 aliphatic rings. The van der Waals surface area contributed by atoms with Crippen molar-refractivity contribution >= 4 is 45.0 Å². The lowest BCUT2D eigenvalue weighted by Crippen LogP contribution is -2.59. The van der Waals surface area contributed by atoms with Crippen molar-refractivity contribution in [2.45, 2.75) is 24.9 Å². The van der Waals surface area contributed by atoms with Crippen LogP contribution in [0, 0.1) is 0 Å². The molecular formula is C22H30N8O4S. The molecule has 2 amide bonds. The van der Waals surface area contributed by atoms with Gasteiger partial charge in [-0.05, 0) is 37.1 Å². The summed E-state index contributed by atoms with van der Waals surface area (Å²) in [5, 5.41) is 6.32. The maximum absolute atomic E-state index is 12.8. The highest BCUT2D eigenvalue weighted by molar-refractivity contribution is 7.88. The van der Waals surface area contributed by atoms with E-state index in [1.165, 1.54) is 15.4 Å². The van der Waals surface area contributed by atoms with Gasteiger partial charge in [-0.2, -0.15) is 9.29 Å². The number of benzene rings is 1. The molecule has 1 aliphatic heterocycles. The fourth-order valence-corrected chi connectivity index (χ4v) is 4.72. The fraction of sp³-hybridized carbons (Fsp3) is 0.455. The molecule has 13 heteroatoms. The second-order valence-corrected chi connectivity index (χ2v) is 11.0. The van der Waals surface area contributed by atoms with Gasteiger partial charge in [0, 0.05) is 57.3 Å². The molecule has 4 N–H and O–H groups in total. The van der Waals surface area contributed by atoms with Gasteiger partial charge in [0.1, 0.15) is 11.9 Å². The highest BCUT2D eigenvalue weighted by atomic mass is 32.2. The summed E-state index contributed by atoms with van der Waals surface area (Å²) in [6, 6.07) is 7.03. The normalized spacial score (nSPS) is 18.7.